The van der Waals surface area contributed by atoms with Crippen LogP contribution in [0.2, 0.25) is 0 Å². The largest absolute Gasteiger partial charge is 0.493 e. The summed E-state index contributed by atoms with van der Waals surface area (Å²) in [4.78, 5) is 0. The molecule has 0 spiro atoms. The Morgan fingerprint density at radius 1 is 0.920 bits per heavy atom. The fourth-order valence-corrected chi connectivity index (χ4v) is 2.52. The molecular weight excluding hydrogens is 340 g/mol. The number of hydrogen-bond donors (Lipinski definition) is 2. The van der Waals surface area contributed by atoms with Crippen molar-refractivity contribution < 1.29 is 18.9 Å². The first-order valence-corrected chi connectivity index (χ1v) is 8.13. The molecule has 0 radical (unpaired) electrons. The van der Waals surface area contributed by atoms with Crippen molar-refractivity contribution in [1.29, 1.82) is 0 Å². The number of ether oxygens (including phenoxy) is 4. The summed E-state index contributed by atoms with van der Waals surface area (Å²) >= 11 is 5.39. The molecule has 0 amide bonds. The monoisotopic (exact) mass is 362 g/mol. The molecule has 2 aromatic rings. The quantitative estimate of drug-likeness (QED) is 0.724. The summed E-state index contributed by atoms with van der Waals surface area (Å²) in [5, 5.41) is 6.66. The summed E-state index contributed by atoms with van der Waals surface area (Å²) in [5.41, 5.74) is 1.50. The van der Waals surface area contributed by atoms with Crippen molar-refractivity contribution in [3.8, 4) is 23.0 Å². The van der Waals surface area contributed by atoms with Crippen LogP contribution in [0.5, 0.6) is 23.0 Å². The maximum Gasteiger partial charge on any atom is 0.203 e. The van der Waals surface area contributed by atoms with E-state index in [0.29, 0.717) is 34.7 Å². The first-order chi connectivity index (χ1) is 12.1. The minimum absolute atomic E-state index is 0.418. The molecular formula is C18H22N2O4S. The first kappa shape index (κ1) is 18.7. The van der Waals surface area contributed by atoms with E-state index < -0.39 is 0 Å². The smallest absolute Gasteiger partial charge is 0.203 e. The first-order valence-electron chi connectivity index (χ1n) is 7.72. The minimum Gasteiger partial charge on any atom is -0.493 e. The molecule has 0 aliphatic heterocycles. The van der Waals surface area contributed by atoms with Crippen LogP contribution in [0.25, 0.3) is 0 Å². The lowest BCUT2D eigenvalue weighted by Gasteiger charge is -2.17. The van der Waals surface area contributed by atoms with Gasteiger partial charge in [-0.15, -0.1) is 0 Å². The zero-order chi connectivity index (χ0) is 18.2. The number of hydrogen-bond acceptors (Lipinski definition) is 5. The van der Waals surface area contributed by atoms with Gasteiger partial charge >= 0.3 is 0 Å². The summed E-state index contributed by atoms with van der Waals surface area (Å²) in [6.07, 6.45) is 0. The van der Waals surface area contributed by atoms with Gasteiger partial charge in [0.1, 0.15) is 5.75 Å². The molecule has 0 aliphatic rings. The van der Waals surface area contributed by atoms with E-state index in [1.165, 1.54) is 0 Å². The molecule has 0 aliphatic carbocycles. The third kappa shape index (κ3) is 4.67. The van der Waals surface area contributed by atoms with Crippen LogP contribution >= 0.6 is 12.2 Å². The van der Waals surface area contributed by atoms with Crippen molar-refractivity contribution >= 4 is 28.7 Å². The molecule has 0 saturated carbocycles. The van der Waals surface area contributed by atoms with Crippen molar-refractivity contribution in [2.45, 2.75) is 6.92 Å². The number of benzene rings is 2. The average Bonchev–Trinajstić information content (AvgIpc) is 2.62. The molecule has 0 atom stereocenters. The number of rotatable bonds is 7. The Morgan fingerprint density at radius 2 is 1.56 bits per heavy atom. The normalized spacial score (nSPS) is 9.92. The van der Waals surface area contributed by atoms with Crippen molar-refractivity contribution in [3.05, 3.63) is 36.4 Å². The predicted octanol–water partition coefficient (Wildman–Crippen LogP) is 3.92. The fraction of sp³-hybridized carbons (Fsp3) is 0.278. The highest BCUT2D eigenvalue weighted by Gasteiger charge is 2.14. The summed E-state index contributed by atoms with van der Waals surface area (Å²) in [5.74, 6) is 2.35. The molecule has 7 heteroatoms. The van der Waals surface area contributed by atoms with Gasteiger partial charge in [0.05, 0.1) is 33.6 Å². The molecule has 0 bridgehead atoms. The maximum absolute atomic E-state index is 5.58. The van der Waals surface area contributed by atoms with Gasteiger partial charge in [-0.05, 0) is 31.3 Å². The zero-order valence-electron chi connectivity index (χ0n) is 14.7. The van der Waals surface area contributed by atoms with Crippen molar-refractivity contribution in [3.63, 3.8) is 0 Å². The summed E-state index contributed by atoms with van der Waals surface area (Å²) in [6.45, 7) is 2.51. The van der Waals surface area contributed by atoms with Gasteiger partial charge in [-0.25, -0.2) is 0 Å². The second-order valence-electron chi connectivity index (χ2n) is 4.92. The molecule has 6 nitrogen and oxygen atoms in total. The molecule has 0 saturated heterocycles. The van der Waals surface area contributed by atoms with Gasteiger partial charge in [-0.1, -0.05) is 12.1 Å². The second kappa shape index (κ2) is 8.98. The van der Waals surface area contributed by atoms with Crippen LogP contribution < -0.4 is 29.6 Å². The molecule has 2 N–H and O–H groups in total. The lowest BCUT2D eigenvalue weighted by atomic mass is 10.2. The van der Waals surface area contributed by atoms with Gasteiger partial charge < -0.3 is 29.6 Å². The van der Waals surface area contributed by atoms with Crippen LogP contribution in [0.1, 0.15) is 6.92 Å². The van der Waals surface area contributed by atoms with Crippen molar-refractivity contribution in [2.24, 2.45) is 0 Å². The maximum atomic E-state index is 5.58. The van der Waals surface area contributed by atoms with E-state index >= 15 is 0 Å². The molecule has 0 fully saturated rings. The van der Waals surface area contributed by atoms with Gasteiger partial charge in [0, 0.05) is 17.8 Å². The van der Waals surface area contributed by atoms with Crippen LogP contribution in [0.3, 0.4) is 0 Å². The standard InChI is InChI=1S/C18H22N2O4S/c1-5-24-14-9-7-6-8-13(14)20-18(25)19-12-10-15(21-2)17(23-4)16(11-12)22-3/h6-11H,5H2,1-4H3,(H2,19,20,25). The zero-order valence-corrected chi connectivity index (χ0v) is 15.5. The van der Waals surface area contributed by atoms with E-state index in [2.05, 4.69) is 10.6 Å². The highest BCUT2D eigenvalue weighted by Crippen LogP contribution is 2.40. The van der Waals surface area contributed by atoms with Gasteiger partial charge in [-0.3, -0.25) is 0 Å². The molecule has 2 aromatic carbocycles. The number of nitrogens with one attached hydrogen (secondary N) is 2. The summed E-state index contributed by atoms with van der Waals surface area (Å²) in [6, 6.07) is 11.2. The summed E-state index contributed by atoms with van der Waals surface area (Å²) in [7, 11) is 4.69. The van der Waals surface area contributed by atoms with Gasteiger partial charge in [-0.2, -0.15) is 0 Å². The lowest BCUT2D eigenvalue weighted by Crippen LogP contribution is -2.19. The molecule has 134 valence electrons. The second-order valence-corrected chi connectivity index (χ2v) is 5.33. The Kier molecular flexibility index (Phi) is 6.71. The Balaban J connectivity index is 2.18. The van der Waals surface area contributed by atoms with E-state index in [0.717, 1.165) is 11.4 Å². The highest BCUT2D eigenvalue weighted by atomic mass is 32.1. The Bertz CT molecular complexity index is 712. The van der Waals surface area contributed by atoms with Gasteiger partial charge in [0.2, 0.25) is 5.75 Å². The number of anilines is 2. The molecule has 2 rings (SSSR count). The molecule has 0 aromatic heterocycles. The van der Waals surface area contributed by atoms with E-state index in [-0.39, 0.29) is 0 Å². The van der Waals surface area contributed by atoms with E-state index in [4.69, 9.17) is 31.2 Å². The lowest BCUT2D eigenvalue weighted by molar-refractivity contribution is 0.324. The number of methoxy groups -OCH3 is 3. The van der Waals surface area contributed by atoms with Crippen LogP contribution in [0.15, 0.2) is 36.4 Å². The topological polar surface area (TPSA) is 61.0 Å². The number of thiocarbonyl (C=S) groups is 1. The van der Waals surface area contributed by atoms with Crippen molar-refractivity contribution in [1.82, 2.24) is 0 Å². The molecule has 0 unspecified atom stereocenters. The number of para-hydroxylation sites is 2. The fourth-order valence-electron chi connectivity index (χ4n) is 2.29. The summed E-state index contributed by atoms with van der Waals surface area (Å²) < 4.78 is 21.6. The van der Waals surface area contributed by atoms with E-state index in [1.54, 1.807) is 33.5 Å². The van der Waals surface area contributed by atoms with Crippen LogP contribution in [0.4, 0.5) is 11.4 Å². The van der Waals surface area contributed by atoms with Crippen molar-refractivity contribution in [2.75, 3.05) is 38.6 Å². The van der Waals surface area contributed by atoms with Gasteiger partial charge in [0.25, 0.3) is 0 Å². The molecule has 25 heavy (non-hydrogen) atoms. The van der Waals surface area contributed by atoms with Crippen LogP contribution in [-0.2, 0) is 0 Å². The van der Waals surface area contributed by atoms with E-state index in [9.17, 15) is 0 Å². The van der Waals surface area contributed by atoms with E-state index in [1.807, 2.05) is 31.2 Å². The average molecular weight is 362 g/mol. The minimum atomic E-state index is 0.418. The Hall–Kier alpha value is -2.67. The van der Waals surface area contributed by atoms with Crippen LogP contribution in [-0.4, -0.2) is 33.0 Å². The van der Waals surface area contributed by atoms with Gasteiger partial charge in [0.15, 0.2) is 16.6 Å². The Morgan fingerprint density at radius 3 is 2.12 bits per heavy atom. The third-order valence-corrected chi connectivity index (χ3v) is 3.56. The molecule has 0 heterocycles. The third-order valence-electron chi connectivity index (χ3n) is 3.36. The predicted molar refractivity (Wildman–Crippen MR) is 104 cm³/mol. The highest BCUT2D eigenvalue weighted by molar-refractivity contribution is 7.80. The Labute approximate surface area is 153 Å². The SMILES string of the molecule is CCOc1ccccc1NC(=S)Nc1cc(OC)c(OC)c(OC)c1. The van der Waals surface area contributed by atoms with Crippen LogP contribution in [0, 0.1) is 0 Å².